The van der Waals surface area contributed by atoms with Crippen molar-refractivity contribution in [1.82, 2.24) is 15.5 Å². The molecule has 0 bridgehead atoms. The molecule has 6 heteroatoms. The number of nitrogens with one attached hydrogen (secondary N) is 2. The van der Waals surface area contributed by atoms with Gasteiger partial charge in [0.2, 0.25) is 5.91 Å². The maximum Gasteiger partial charge on any atom is 0.220 e. The SMILES string of the molecule is CNCCCC(=O)NCCC(C)N(C)Cc1ccccc1.Cl.Cl. The third-order valence-corrected chi connectivity index (χ3v) is 3.74. The number of carbonyl (C=O) groups is 1. The first-order valence-electron chi connectivity index (χ1n) is 7.79. The van der Waals surface area contributed by atoms with Crippen LogP contribution in [0.5, 0.6) is 0 Å². The second kappa shape index (κ2) is 14.8. The van der Waals surface area contributed by atoms with Gasteiger partial charge in [-0.25, -0.2) is 0 Å². The summed E-state index contributed by atoms with van der Waals surface area (Å²) >= 11 is 0. The highest BCUT2D eigenvalue weighted by Crippen LogP contribution is 2.07. The van der Waals surface area contributed by atoms with E-state index >= 15 is 0 Å². The van der Waals surface area contributed by atoms with Crippen LogP contribution in [0.25, 0.3) is 0 Å². The summed E-state index contributed by atoms with van der Waals surface area (Å²) < 4.78 is 0. The van der Waals surface area contributed by atoms with Crippen molar-refractivity contribution in [3.8, 4) is 0 Å². The Balaban J connectivity index is 0. The van der Waals surface area contributed by atoms with Gasteiger partial charge < -0.3 is 10.6 Å². The van der Waals surface area contributed by atoms with Gasteiger partial charge in [-0.3, -0.25) is 9.69 Å². The number of nitrogens with zero attached hydrogens (tertiary/aromatic N) is 1. The molecule has 1 unspecified atom stereocenters. The summed E-state index contributed by atoms with van der Waals surface area (Å²) in [6.45, 7) is 4.79. The average Bonchev–Trinajstić information content (AvgIpc) is 2.48. The molecule has 1 amide bonds. The molecule has 0 spiro atoms. The second-order valence-corrected chi connectivity index (χ2v) is 5.60. The van der Waals surface area contributed by atoms with Crippen LogP contribution in [-0.2, 0) is 11.3 Å². The zero-order valence-electron chi connectivity index (χ0n) is 14.4. The van der Waals surface area contributed by atoms with Crippen molar-refractivity contribution in [1.29, 1.82) is 0 Å². The predicted octanol–water partition coefficient (Wildman–Crippen LogP) is 2.86. The van der Waals surface area contributed by atoms with Gasteiger partial charge in [0.1, 0.15) is 0 Å². The second-order valence-electron chi connectivity index (χ2n) is 5.60. The van der Waals surface area contributed by atoms with Gasteiger partial charge in [-0.2, -0.15) is 0 Å². The lowest BCUT2D eigenvalue weighted by Crippen LogP contribution is -2.33. The van der Waals surface area contributed by atoms with Crippen LogP contribution in [0, 0.1) is 0 Å². The van der Waals surface area contributed by atoms with Gasteiger partial charge in [-0.05, 0) is 46.0 Å². The van der Waals surface area contributed by atoms with Crippen LogP contribution in [0.15, 0.2) is 30.3 Å². The van der Waals surface area contributed by atoms with Crippen LogP contribution >= 0.6 is 24.8 Å². The van der Waals surface area contributed by atoms with Crippen molar-refractivity contribution in [2.75, 3.05) is 27.2 Å². The minimum absolute atomic E-state index is 0. The molecule has 0 aromatic heterocycles. The van der Waals surface area contributed by atoms with Gasteiger partial charge in [0, 0.05) is 25.6 Å². The third kappa shape index (κ3) is 11.4. The maximum absolute atomic E-state index is 11.6. The van der Waals surface area contributed by atoms with E-state index in [-0.39, 0.29) is 30.7 Å². The Morgan fingerprint density at radius 2 is 1.83 bits per heavy atom. The fourth-order valence-electron chi connectivity index (χ4n) is 2.18. The summed E-state index contributed by atoms with van der Waals surface area (Å²) in [7, 11) is 4.04. The lowest BCUT2D eigenvalue weighted by Gasteiger charge is -2.24. The quantitative estimate of drug-likeness (QED) is 0.628. The topological polar surface area (TPSA) is 44.4 Å². The summed E-state index contributed by atoms with van der Waals surface area (Å²) in [6.07, 6.45) is 2.47. The van der Waals surface area contributed by atoms with E-state index in [0.29, 0.717) is 12.5 Å². The van der Waals surface area contributed by atoms with Crippen LogP contribution < -0.4 is 10.6 Å². The standard InChI is InChI=1S/C17H29N3O.2ClH/c1-15(11-13-19-17(21)10-7-12-18-2)20(3)14-16-8-5-4-6-9-16;;/h4-6,8-9,15,18H,7,10-14H2,1-3H3,(H,19,21);2*1H. The molecule has 1 rings (SSSR count). The van der Waals surface area contributed by atoms with Gasteiger partial charge in [-0.1, -0.05) is 30.3 Å². The van der Waals surface area contributed by atoms with Crippen molar-refractivity contribution >= 4 is 30.7 Å². The highest BCUT2D eigenvalue weighted by atomic mass is 35.5. The molecule has 4 nitrogen and oxygen atoms in total. The van der Waals surface area contributed by atoms with Gasteiger partial charge >= 0.3 is 0 Å². The molecular formula is C17H31Cl2N3O. The molecule has 0 aliphatic rings. The molecular weight excluding hydrogens is 333 g/mol. The smallest absolute Gasteiger partial charge is 0.220 e. The first-order valence-corrected chi connectivity index (χ1v) is 7.79. The van der Waals surface area contributed by atoms with Crippen molar-refractivity contribution in [3.05, 3.63) is 35.9 Å². The Morgan fingerprint density at radius 3 is 2.43 bits per heavy atom. The minimum Gasteiger partial charge on any atom is -0.356 e. The largest absolute Gasteiger partial charge is 0.356 e. The number of benzene rings is 1. The Bertz CT molecular complexity index is 404. The van der Waals surface area contributed by atoms with Gasteiger partial charge in [0.15, 0.2) is 0 Å². The molecule has 0 fully saturated rings. The number of hydrogen-bond donors (Lipinski definition) is 2. The van der Waals surface area contributed by atoms with Gasteiger partial charge in [0.25, 0.3) is 0 Å². The maximum atomic E-state index is 11.6. The molecule has 0 aliphatic heterocycles. The van der Waals surface area contributed by atoms with Crippen molar-refractivity contribution in [2.24, 2.45) is 0 Å². The molecule has 0 saturated heterocycles. The Morgan fingerprint density at radius 1 is 1.17 bits per heavy atom. The van der Waals surface area contributed by atoms with Crippen LogP contribution in [0.4, 0.5) is 0 Å². The molecule has 0 radical (unpaired) electrons. The van der Waals surface area contributed by atoms with E-state index < -0.39 is 0 Å². The van der Waals surface area contributed by atoms with Crippen LogP contribution in [-0.4, -0.2) is 44.0 Å². The van der Waals surface area contributed by atoms with Crippen molar-refractivity contribution in [2.45, 2.75) is 38.8 Å². The number of halogens is 2. The molecule has 0 saturated carbocycles. The van der Waals surface area contributed by atoms with Crippen LogP contribution in [0.3, 0.4) is 0 Å². The molecule has 1 aromatic rings. The van der Waals surface area contributed by atoms with E-state index in [0.717, 1.165) is 32.5 Å². The molecule has 0 heterocycles. The molecule has 23 heavy (non-hydrogen) atoms. The summed E-state index contributed by atoms with van der Waals surface area (Å²) in [5.74, 6) is 0.156. The van der Waals surface area contributed by atoms with E-state index in [1.807, 2.05) is 13.1 Å². The lowest BCUT2D eigenvalue weighted by molar-refractivity contribution is -0.121. The third-order valence-electron chi connectivity index (χ3n) is 3.74. The Kier molecular flexibility index (Phi) is 15.7. The zero-order valence-corrected chi connectivity index (χ0v) is 16.0. The summed E-state index contributed by atoms with van der Waals surface area (Å²) in [6, 6.07) is 10.9. The lowest BCUT2D eigenvalue weighted by atomic mass is 10.1. The number of carbonyl (C=O) groups excluding carboxylic acids is 1. The number of hydrogen-bond acceptors (Lipinski definition) is 3. The fraction of sp³-hybridized carbons (Fsp3) is 0.588. The normalized spacial score (nSPS) is 11.3. The first-order chi connectivity index (χ1) is 10.1. The highest BCUT2D eigenvalue weighted by Gasteiger charge is 2.10. The van der Waals surface area contributed by atoms with E-state index in [1.165, 1.54) is 5.56 Å². The van der Waals surface area contributed by atoms with E-state index in [2.05, 4.69) is 53.8 Å². The summed E-state index contributed by atoms with van der Waals surface area (Å²) in [5, 5.41) is 6.05. The van der Waals surface area contributed by atoms with Gasteiger partial charge in [0.05, 0.1) is 0 Å². The summed E-state index contributed by atoms with van der Waals surface area (Å²) in [4.78, 5) is 13.9. The number of amides is 1. The Hall–Kier alpha value is -0.810. The highest BCUT2D eigenvalue weighted by molar-refractivity contribution is 5.85. The van der Waals surface area contributed by atoms with Crippen LogP contribution in [0.1, 0.15) is 31.7 Å². The monoisotopic (exact) mass is 363 g/mol. The average molecular weight is 364 g/mol. The van der Waals surface area contributed by atoms with Crippen LogP contribution in [0.2, 0.25) is 0 Å². The number of rotatable bonds is 10. The molecule has 2 N–H and O–H groups in total. The van der Waals surface area contributed by atoms with Gasteiger partial charge in [-0.15, -0.1) is 24.8 Å². The van der Waals surface area contributed by atoms with E-state index in [9.17, 15) is 4.79 Å². The zero-order chi connectivity index (χ0) is 15.5. The van der Waals surface area contributed by atoms with Crippen molar-refractivity contribution in [3.63, 3.8) is 0 Å². The molecule has 0 aliphatic carbocycles. The Labute approximate surface area is 153 Å². The predicted molar refractivity (Wildman–Crippen MR) is 103 cm³/mol. The van der Waals surface area contributed by atoms with Crippen molar-refractivity contribution < 1.29 is 4.79 Å². The molecule has 1 aromatic carbocycles. The first kappa shape index (κ1) is 24.4. The molecule has 134 valence electrons. The minimum atomic E-state index is 0. The van der Waals surface area contributed by atoms with E-state index in [4.69, 9.17) is 0 Å². The molecule has 1 atom stereocenters. The summed E-state index contributed by atoms with van der Waals surface area (Å²) in [5.41, 5.74) is 1.32. The van der Waals surface area contributed by atoms with E-state index in [1.54, 1.807) is 0 Å². The fourth-order valence-corrected chi connectivity index (χ4v) is 2.18.